The van der Waals surface area contributed by atoms with Crippen LogP contribution in [0.4, 0.5) is 34.1 Å². The van der Waals surface area contributed by atoms with Gasteiger partial charge in [0.1, 0.15) is 27.9 Å². The summed E-state index contributed by atoms with van der Waals surface area (Å²) in [6, 6.07) is 67.6. The van der Waals surface area contributed by atoms with E-state index in [4.69, 9.17) is 13.3 Å². The van der Waals surface area contributed by atoms with Crippen molar-refractivity contribution in [1.82, 2.24) is 0 Å². The molecule has 0 atom stereocenters. The van der Waals surface area contributed by atoms with Crippen molar-refractivity contribution in [2.45, 2.75) is 0 Å². The summed E-state index contributed by atoms with van der Waals surface area (Å²) in [7, 11) is 0. The van der Waals surface area contributed by atoms with Gasteiger partial charge in [-0.2, -0.15) is 0 Å². The van der Waals surface area contributed by atoms with Gasteiger partial charge in [-0.15, -0.1) is 0 Å². The van der Waals surface area contributed by atoms with E-state index in [1.54, 1.807) is 0 Å². The molecule has 3 aromatic heterocycles. The molecule has 0 bridgehead atoms. The van der Waals surface area contributed by atoms with E-state index in [1.165, 1.54) is 0 Å². The highest BCUT2D eigenvalue weighted by Gasteiger charge is 2.28. The predicted octanol–water partition coefficient (Wildman–Crippen LogP) is 15.5. The van der Waals surface area contributed by atoms with Crippen molar-refractivity contribution in [3.63, 3.8) is 0 Å². The quantitative estimate of drug-likeness (QED) is 0.170. The molecule has 0 fully saturated rings. The van der Waals surface area contributed by atoms with Gasteiger partial charge in [0.15, 0.2) is 5.58 Å². The number of furan rings is 3. The van der Waals surface area contributed by atoms with Crippen LogP contribution in [0.15, 0.2) is 207 Å². The Kier molecular flexibility index (Phi) is 6.86. The van der Waals surface area contributed by atoms with E-state index < -0.39 is 0 Å². The SMILES string of the molecule is c1ccc(N(c2ccc(N(c3ccccc3)c3cccc4oc5ccccc5c34)c3c2oc2c4ccccc4ccc23)c2cccc3oc4ccccc4c23)cc1. The molecule has 268 valence electrons. The molecular formula is C52H32N2O3. The maximum Gasteiger partial charge on any atom is 0.161 e. The van der Waals surface area contributed by atoms with Crippen molar-refractivity contribution in [3.05, 3.63) is 194 Å². The highest BCUT2D eigenvalue weighted by atomic mass is 16.3. The molecule has 0 aliphatic rings. The molecular weight excluding hydrogens is 701 g/mol. The van der Waals surface area contributed by atoms with E-state index in [9.17, 15) is 0 Å². The summed E-state index contributed by atoms with van der Waals surface area (Å²) in [5, 5.41) is 8.44. The first-order valence-electron chi connectivity index (χ1n) is 19.2. The van der Waals surface area contributed by atoms with Crippen LogP contribution in [-0.2, 0) is 0 Å². The number of rotatable bonds is 6. The Bertz CT molecular complexity index is 3490. The van der Waals surface area contributed by atoms with Crippen LogP contribution in [0.1, 0.15) is 0 Å². The lowest BCUT2D eigenvalue weighted by Crippen LogP contribution is -2.13. The van der Waals surface area contributed by atoms with E-state index in [0.717, 1.165) is 111 Å². The minimum absolute atomic E-state index is 0.776. The fraction of sp³-hybridized carbons (Fsp3) is 0. The van der Waals surface area contributed by atoms with Gasteiger partial charge >= 0.3 is 0 Å². The van der Waals surface area contributed by atoms with Gasteiger partial charge in [0.2, 0.25) is 0 Å². The zero-order valence-corrected chi connectivity index (χ0v) is 30.6. The first kappa shape index (κ1) is 31.6. The fourth-order valence-corrected chi connectivity index (χ4v) is 8.79. The Balaban J connectivity index is 1.22. The topological polar surface area (TPSA) is 45.9 Å². The van der Waals surface area contributed by atoms with Gasteiger partial charge in [-0.3, -0.25) is 0 Å². The minimum atomic E-state index is 0.776. The van der Waals surface area contributed by atoms with Crippen LogP contribution in [0.3, 0.4) is 0 Å². The standard InChI is InChI=1S/C52H32N2O3/c1-3-16-34(17-4-1)53(40-23-13-27-46-48(40)37-21-9-11-25-44(37)55-46)42-31-32-43(52-50(42)39-30-29-33-15-7-8-20-36(33)51(39)57-52)54(35-18-5-2-6-19-35)41-24-14-28-47-49(41)38-22-10-12-26-45(38)56-47/h1-32H. The normalized spacial score (nSPS) is 11.9. The van der Waals surface area contributed by atoms with Gasteiger partial charge in [0.05, 0.1) is 38.9 Å². The van der Waals surface area contributed by atoms with E-state index >= 15 is 0 Å². The number of benzene rings is 9. The fourth-order valence-electron chi connectivity index (χ4n) is 8.79. The summed E-state index contributed by atoms with van der Waals surface area (Å²) in [4.78, 5) is 4.68. The molecule has 57 heavy (non-hydrogen) atoms. The molecule has 0 spiro atoms. The molecule has 0 aliphatic carbocycles. The Morgan fingerprint density at radius 2 is 0.737 bits per heavy atom. The Hall–Kier alpha value is -7.76. The van der Waals surface area contributed by atoms with Crippen LogP contribution in [-0.4, -0.2) is 0 Å². The second-order valence-corrected chi connectivity index (χ2v) is 14.4. The van der Waals surface area contributed by atoms with Crippen molar-refractivity contribution in [1.29, 1.82) is 0 Å². The number of anilines is 6. The molecule has 5 nitrogen and oxygen atoms in total. The summed E-state index contributed by atoms with van der Waals surface area (Å²) < 4.78 is 20.2. The summed E-state index contributed by atoms with van der Waals surface area (Å²) in [5.74, 6) is 0. The molecule has 0 saturated heterocycles. The van der Waals surface area contributed by atoms with Crippen molar-refractivity contribution in [2.24, 2.45) is 0 Å². The average Bonchev–Trinajstić information content (AvgIpc) is 3.98. The monoisotopic (exact) mass is 732 g/mol. The molecule has 0 saturated carbocycles. The molecule has 3 heterocycles. The van der Waals surface area contributed by atoms with Crippen LogP contribution >= 0.6 is 0 Å². The molecule has 5 heteroatoms. The molecule has 9 aromatic carbocycles. The third-order valence-corrected chi connectivity index (χ3v) is 11.2. The summed E-state index contributed by atoms with van der Waals surface area (Å²) in [5.41, 5.74) is 10.9. The zero-order chi connectivity index (χ0) is 37.5. The van der Waals surface area contributed by atoms with Crippen LogP contribution in [0.2, 0.25) is 0 Å². The van der Waals surface area contributed by atoms with Gasteiger partial charge in [0, 0.05) is 32.9 Å². The Morgan fingerprint density at radius 1 is 0.263 bits per heavy atom. The lowest BCUT2D eigenvalue weighted by Gasteiger charge is -2.29. The maximum atomic E-state index is 7.30. The smallest absolute Gasteiger partial charge is 0.161 e. The van der Waals surface area contributed by atoms with Gasteiger partial charge in [-0.1, -0.05) is 115 Å². The Labute approximate surface area is 326 Å². The summed E-state index contributed by atoms with van der Waals surface area (Å²) in [6.45, 7) is 0. The molecule has 0 radical (unpaired) electrons. The first-order chi connectivity index (χ1) is 28.3. The van der Waals surface area contributed by atoms with Crippen LogP contribution in [0.25, 0.3) is 76.6 Å². The van der Waals surface area contributed by atoms with Crippen molar-refractivity contribution in [3.8, 4) is 0 Å². The highest BCUT2D eigenvalue weighted by Crippen LogP contribution is 2.52. The van der Waals surface area contributed by atoms with E-state index in [1.807, 2.05) is 30.3 Å². The second-order valence-electron chi connectivity index (χ2n) is 14.4. The lowest BCUT2D eigenvalue weighted by atomic mass is 10.0. The van der Waals surface area contributed by atoms with Crippen LogP contribution < -0.4 is 9.80 Å². The number of hydrogen-bond donors (Lipinski definition) is 0. The van der Waals surface area contributed by atoms with Crippen molar-refractivity contribution in [2.75, 3.05) is 9.80 Å². The van der Waals surface area contributed by atoms with Gasteiger partial charge in [-0.05, 0) is 84.2 Å². The predicted molar refractivity (Wildman–Crippen MR) is 235 cm³/mol. The first-order valence-corrected chi connectivity index (χ1v) is 19.2. The van der Waals surface area contributed by atoms with Crippen LogP contribution in [0, 0.1) is 0 Å². The maximum absolute atomic E-state index is 7.30. The number of para-hydroxylation sites is 4. The number of fused-ring (bicyclic) bond motifs is 11. The second kappa shape index (κ2) is 12.4. The number of hydrogen-bond acceptors (Lipinski definition) is 5. The van der Waals surface area contributed by atoms with Gasteiger partial charge in [-0.25, -0.2) is 0 Å². The molecule has 12 aromatic rings. The highest BCUT2D eigenvalue weighted by molar-refractivity contribution is 6.24. The van der Waals surface area contributed by atoms with Crippen molar-refractivity contribution < 1.29 is 13.3 Å². The molecule has 0 N–H and O–H groups in total. The van der Waals surface area contributed by atoms with Crippen molar-refractivity contribution >= 4 is 111 Å². The van der Waals surface area contributed by atoms with Gasteiger partial charge < -0.3 is 23.1 Å². The van der Waals surface area contributed by atoms with Crippen LogP contribution in [0.5, 0.6) is 0 Å². The molecule has 0 aliphatic heterocycles. The minimum Gasteiger partial charge on any atom is -0.456 e. The molecule has 0 unspecified atom stereocenters. The lowest BCUT2D eigenvalue weighted by molar-refractivity contribution is 0.668. The molecule has 0 amide bonds. The third-order valence-electron chi connectivity index (χ3n) is 11.2. The average molecular weight is 733 g/mol. The zero-order valence-electron chi connectivity index (χ0n) is 30.6. The summed E-state index contributed by atoms with van der Waals surface area (Å²) >= 11 is 0. The molecule has 12 rings (SSSR count). The largest absolute Gasteiger partial charge is 0.456 e. The number of nitrogens with zero attached hydrogens (tertiary/aromatic N) is 2. The van der Waals surface area contributed by atoms with E-state index in [2.05, 4.69) is 174 Å². The van der Waals surface area contributed by atoms with E-state index in [-0.39, 0.29) is 0 Å². The summed E-state index contributed by atoms with van der Waals surface area (Å²) in [6.07, 6.45) is 0. The van der Waals surface area contributed by atoms with Gasteiger partial charge in [0.25, 0.3) is 0 Å². The Morgan fingerprint density at radius 3 is 1.35 bits per heavy atom. The van der Waals surface area contributed by atoms with E-state index in [0.29, 0.717) is 0 Å². The third kappa shape index (κ3) is 4.76.